The first-order valence-corrected chi connectivity index (χ1v) is 9.70. The van der Waals surface area contributed by atoms with Gasteiger partial charge < -0.3 is 15.2 Å². The predicted octanol–water partition coefficient (Wildman–Crippen LogP) is 1.95. The second kappa shape index (κ2) is 6.62. The van der Waals surface area contributed by atoms with E-state index in [0.29, 0.717) is 18.7 Å². The van der Waals surface area contributed by atoms with E-state index in [9.17, 15) is 14.4 Å². The summed E-state index contributed by atoms with van der Waals surface area (Å²) in [5.74, 6) is -0.519. The molecule has 2 aromatic heterocycles. The summed E-state index contributed by atoms with van der Waals surface area (Å²) in [6.07, 6.45) is 3.80. The van der Waals surface area contributed by atoms with Crippen molar-refractivity contribution in [2.24, 2.45) is 0 Å². The Morgan fingerprint density at radius 2 is 2.03 bits per heavy atom. The average molecular weight is 401 g/mol. The van der Waals surface area contributed by atoms with E-state index in [-0.39, 0.29) is 17.5 Å². The van der Waals surface area contributed by atoms with Crippen molar-refractivity contribution in [2.45, 2.75) is 24.8 Å². The number of pyridine rings is 1. The maximum absolute atomic E-state index is 13.5. The van der Waals surface area contributed by atoms with Crippen molar-refractivity contribution >= 4 is 17.5 Å². The van der Waals surface area contributed by atoms with E-state index in [0.717, 1.165) is 16.8 Å². The zero-order chi connectivity index (χ0) is 20.9. The molecule has 2 aliphatic rings. The number of benzene rings is 1. The smallest absolute Gasteiger partial charge is 0.329 e. The van der Waals surface area contributed by atoms with E-state index in [4.69, 9.17) is 0 Å². The highest BCUT2D eigenvalue weighted by atomic mass is 16.2. The van der Waals surface area contributed by atoms with Gasteiger partial charge in [0.05, 0.1) is 6.04 Å². The van der Waals surface area contributed by atoms with Crippen LogP contribution in [0.3, 0.4) is 0 Å². The summed E-state index contributed by atoms with van der Waals surface area (Å²) in [5.41, 5.74) is 1.50. The third-order valence-electron chi connectivity index (χ3n) is 5.95. The van der Waals surface area contributed by atoms with Crippen LogP contribution in [0.2, 0.25) is 0 Å². The number of nitrogens with zero attached hydrogens (tertiary/aromatic N) is 3. The minimum atomic E-state index is -0.925. The van der Waals surface area contributed by atoms with Crippen molar-refractivity contribution in [3.63, 3.8) is 0 Å². The van der Waals surface area contributed by atoms with Gasteiger partial charge in [-0.05, 0) is 42.7 Å². The lowest BCUT2D eigenvalue weighted by molar-refractivity contribution is -0.121. The number of hydrogen-bond donors (Lipinski definition) is 2. The number of para-hydroxylation sites is 1. The molecule has 30 heavy (non-hydrogen) atoms. The van der Waals surface area contributed by atoms with E-state index >= 15 is 0 Å². The highest BCUT2D eigenvalue weighted by molar-refractivity contribution is 6.08. The van der Waals surface area contributed by atoms with Crippen LogP contribution in [0.25, 0.3) is 0 Å². The van der Waals surface area contributed by atoms with E-state index in [1.54, 1.807) is 36.4 Å². The summed E-state index contributed by atoms with van der Waals surface area (Å²) in [5, 5.41) is 2.98. The highest BCUT2D eigenvalue weighted by Gasteiger charge is 2.59. The number of carbonyl (C=O) groups excluding carboxylic acids is 2. The number of rotatable bonds is 2. The minimum Gasteiger partial charge on any atom is -0.329 e. The molecule has 2 N–H and O–H groups in total. The molecule has 1 fully saturated rings. The van der Waals surface area contributed by atoms with Crippen molar-refractivity contribution in [2.75, 3.05) is 11.9 Å². The van der Waals surface area contributed by atoms with Crippen LogP contribution >= 0.6 is 0 Å². The largest absolute Gasteiger partial charge is 0.345 e. The van der Waals surface area contributed by atoms with E-state index < -0.39 is 17.1 Å². The van der Waals surface area contributed by atoms with Crippen LogP contribution in [0.5, 0.6) is 0 Å². The van der Waals surface area contributed by atoms with Crippen LogP contribution in [-0.2, 0) is 10.2 Å². The topological polar surface area (TPSA) is 108 Å². The van der Waals surface area contributed by atoms with Gasteiger partial charge in [0.25, 0.3) is 5.91 Å². The highest BCUT2D eigenvalue weighted by Crippen LogP contribution is 2.54. The van der Waals surface area contributed by atoms with Gasteiger partial charge >= 0.3 is 5.69 Å². The standard InChI is InChI=1S/C22H19N5O3/c1-13-11-17(26-21(30)24-13)19(28)27-10-8-22(18(27)14-5-4-9-23-12-14)15-6-2-3-7-16(15)25-20(22)29/h2-7,9,11-12,18H,8,10H2,1H3,(H,25,29)(H,24,26,30). The van der Waals surface area contributed by atoms with Gasteiger partial charge in [0.15, 0.2) is 0 Å². The van der Waals surface area contributed by atoms with Crippen LogP contribution in [-0.4, -0.2) is 38.2 Å². The molecule has 1 aromatic carbocycles. The molecule has 0 saturated carbocycles. The number of H-pyrrole nitrogens is 1. The maximum atomic E-state index is 13.5. The molecule has 1 saturated heterocycles. The molecule has 8 heteroatoms. The number of fused-ring (bicyclic) bond motifs is 2. The van der Waals surface area contributed by atoms with Crippen LogP contribution in [0.1, 0.15) is 39.8 Å². The van der Waals surface area contributed by atoms with Gasteiger partial charge in [-0.1, -0.05) is 24.3 Å². The van der Waals surface area contributed by atoms with E-state index in [1.165, 1.54) is 0 Å². The third-order valence-corrected chi connectivity index (χ3v) is 5.95. The van der Waals surface area contributed by atoms with Crippen molar-refractivity contribution in [3.8, 4) is 0 Å². The molecule has 2 amide bonds. The number of aromatic amines is 1. The fraction of sp³-hybridized carbons (Fsp3) is 0.227. The molecule has 3 aromatic rings. The molecular weight excluding hydrogens is 382 g/mol. The van der Waals surface area contributed by atoms with Gasteiger partial charge in [-0.15, -0.1) is 0 Å². The fourth-order valence-electron chi connectivity index (χ4n) is 4.74. The molecule has 0 radical (unpaired) electrons. The zero-order valence-corrected chi connectivity index (χ0v) is 16.3. The average Bonchev–Trinajstić information content (AvgIpc) is 3.27. The summed E-state index contributed by atoms with van der Waals surface area (Å²) >= 11 is 0. The Morgan fingerprint density at radius 3 is 2.80 bits per heavy atom. The minimum absolute atomic E-state index is 0.0638. The Hall–Kier alpha value is -3.81. The number of hydrogen-bond acceptors (Lipinski definition) is 5. The van der Waals surface area contributed by atoms with Crippen molar-refractivity contribution in [1.82, 2.24) is 19.9 Å². The Morgan fingerprint density at radius 1 is 1.20 bits per heavy atom. The molecule has 2 aliphatic heterocycles. The number of likely N-dealkylation sites (tertiary alicyclic amines) is 1. The molecule has 150 valence electrons. The summed E-state index contributed by atoms with van der Waals surface area (Å²) in [6, 6.07) is 12.2. The monoisotopic (exact) mass is 401 g/mol. The lowest BCUT2D eigenvalue weighted by Crippen LogP contribution is -2.43. The number of aryl methyl sites for hydroxylation is 1. The summed E-state index contributed by atoms with van der Waals surface area (Å²) in [6.45, 7) is 2.05. The van der Waals surface area contributed by atoms with Gasteiger partial charge in [-0.25, -0.2) is 4.79 Å². The van der Waals surface area contributed by atoms with Crippen LogP contribution < -0.4 is 11.0 Å². The molecule has 0 bridgehead atoms. The van der Waals surface area contributed by atoms with Crippen molar-refractivity contribution in [1.29, 1.82) is 0 Å². The first-order valence-electron chi connectivity index (χ1n) is 9.70. The lowest BCUT2D eigenvalue weighted by atomic mass is 9.73. The van der Waals surface area contributed by atoms with Gasteiger partial charge in [0, 0.05) is 30.3 Å². The van der Waals surface area contributed by atoms with E-state index in [1.807, 2.05) is 30.3 Å². The Kier molecular flexibility index (Phi) is 4.02. The normalized spacial score (nSPS) is 22.2. The number of nitrogens with one attached hydrogen (secondary N) is 2. The second-order valence-corrected chi connectivity index (χ2v) is 7.66. The number of anilines is 1. The van der Waals surface area contributed by atoms with Crippen LogP contribution in [0.4, 0.5) is 5.69 Å². The molecule has 2 atom stereocenters. The fourth-order valence-corrected chi connectivity index (χ4v) is 4.74. The van der Waals surface area contributed by atoms with Gasteiger partial charge in [-0.3, -0.25) is 14.6 Å². The van der Waals surface area contributed by atoms with Crippen LogP contribution in [0, 0.1) is 6.92 Å². The SMILES string of the molecule is Cc1cc(C(=O)N2CCC3(C(=O)Nc4ccccc43)C2c2cccnc2)nc(=O)[nH]1. The van der Waals surface area contributed by atoms with Crippen LogP contribution in [0.15, 0.2) is 59.7 Å². The number of amides is 2. The third kappa shape index (κ3) is 2.57. The lowest BCUT2D eigenvalue weighted by Gasteiger charge is -2.34. The summed E-state index contributed by atoms with van der Waals surface area (Å²) < 4.78 is 0. The van der Waals surface area contributed by atoms with Gasteiger partial charge in [0.2, 0.25) is 5.91 Å². The van der Waals surface area contributed by atoms with Gasteiger partial charge in [-0.2, -0.15) is 4.98 Å². The van der Waals surface area contributed by atoms with E-state index in [2.05, 4.69) is 20.3 Å². The van der Waals surface area contributed by atoms with Crippen molar-refractivity contribution < 1.29 is 9.59 Å². The van der Waals surface area contributed by atoms with Gasteiger partial charge in [0.1, 0.15) is 11.1 Å². The molecule has 8 nitrogen and oxygen atoms in total. The zero-order valence-electron chi connectivity index (χ0n) is 16.3. The number of carbonyl (C=O) groups is 2. The molecule has 5 rings (SSSR count). The number of aromatic nitrogens is 3. The summed E-state index contributed by atoms with van der Waals surface area (Å²) in [7, 11) is 0. The molecule has 0 aliphatic carbocycles. The first-order chi connectivity index (χ1) is 14.5. The molecule has 2 unspecified atom stereocenters. The maximum Gasteiger partial charge on any atom is 0.345 e. The summed E-state index contributed by atoms with van der Waals surface area (Å²) in [4.78, 5) is 50.9. The first kappa shape index (κ1) is 18.2. The predicted molar refractivity (Wildman–Crippen MR) is 109 cm³/mol. The molecular formula is C22H19N5O3. The molecule has 4 heterocycles. The Labute approximate surface area is 172 Å². The quantitative estimate of drug-likeness (QED) is 0.682. The van der Waals surface area contributed by atoms with Crippen molar-refractivity contribution in [3.05, 3.63) is 87.9 Å². The molecule has 1 spiro atoms. The second-order valence-electron chi connectivity index (χ2n) is 7.66. The Bertz CT molecular complexity index is 1220. The Balaban J connectivity index is 1.68.